The van der Waals surface area contributed by atoms with Gasteiger partial charge in [-0.05, 0) is 25.1 Å². The minimum atomic E-state index is -0.310. The highest BCUT2D eigenvalue weighted by Gasteiger charge is 2.23. The summed E-state index contributed by atoms with van der Waals surface area (Å²) < 4.78 is 7.02. The number of pyridine rings is 1. The highest BCUT2D eigenvalue weighted by Crippen LogP contribution is 2.16. The van der Waals surface area contributed by atoms with Crippen molar-refractivity contribution in [2.75, 3.05) is 32.8 Å². The quantitative estimate of drug-likeness (QED) is 0.491. The summed E-state index contributed by atoms with van der Waals surface area (Å²) in [7, 11) is 0. The van der Waals surface area contributed by atoms with Gasteiger partial charge in [0.05, 0.1) is 35.4 Å². The Morgan fingerprint density at radius 2 is 2.00 bits per heavy atom. The second kappa shape index (κ2) is 8.39. The standard InChI is InChI=1S/C22H23N7O3/c1-14-26-27-20-16(12-15(13-29(14)20)22(31)28-8-10-32-11-9-28)21(30)23-7-6-19-24-17-4-2-3-5-18(17)25-19/h2-5,12-13H,6-11H2,1H3,(H,23,30)(H,24,25). The van der Waals surface area contributed by atoms with Crippen LogP contribution in [-0.2, 0) is 11.2 Å². The highest BCUT2D eigenvalue weighted by molar-refractivity contribution is 6.03. The number of carbonyl (C=O) groups excluding carboxylic acids is 2. The summed E-state index contributed by atoms with van der Waals surface area (Å²) in [4.78, 5) is 35.5. The summed E-state index contributed by atoms with van der Waals surface area (Å²) >= 11 is 0. The van der Waals surface area contributed by atoms with Crippen molar-refractivity contribution in [1.29, 1.82) is 0 Å². The Labute approximate surface area is 183 Å². The average molecular weight is 433 g/mol. The van der Waals surface area contributed by atoms with Crippen molar-refractivity contribution in [2.24, 2.45) is 0 Å². The maximum absolute atomic E-state index is 13.0. The largest absolute Gasteiger partial charge is 0.378 e. The number of fused-ring (bicyclic) bond motifs is 2. The molecule has 4 heterocycles. The second-order valence-corrected chi connectivity index (χ2v) is 7.69. The van der Waals surface area contributed by atoms with Crippen LogP contribution in [0, 0.1) is 6.92 Å². The fraction of sp³-hybridized carbons (Fsp3) is 0.318. The first-order chi connectivity index (χ1) is 15.6. The van der Waals surface area contributed by atoms with Crippen LogP contribution in [0.3, 0.4) is 0 Å². The van der Waals surface area contributed by atoms with Crippen molar-refractivity contribution in [1.82, 2.24) is 34.8 Å². The molecule has 5 rings (SSSR count). The predicted molar refractivity (Wildman–Crippen MR) is 117 cm³/mol. The third kappa shape index (κ3) is 3.80. The first-order valence-corrected chi connectivity index (χ1v) is 10.5. The van der Waals surface area contributed by atoms with Gasteiger partial charge in [0.2, 0.25) is 0 Å². The molecular weight excluding hydrogens is 410 g/mol. The fourth-order valence-corrected chi connectivity index (χ4v) is 3.85. The maximum atomic E-state index is 13.0. The molecule has 10 heteroatoms. The molecule has 0 unspecified atom stereocenters. The number of para-hydroxylation sites is 2. The molecule has 1 fully saturated rings. The molecule has 1 aromatic carbocycles. The van der Waals surface area contributed by atoms with Gasteiger partial charge in [-0.25, -0.2) is 4.98 Å². The van der Waals surface area contributed by atoms with E-state index in [1.54, 1.807) is 28.5 Å². The van der Waals surface area contributed by atoms with E-state index in [2.05, 4.69) is 25.5 Å². The van der Waals surface area contributed by atoms with Crippen LogP contribution in [-0.4, -0.2) is 74.1 Å². The van der Waals surface area contributed by atoms with Gasteiger partial charge in [0.1, 0.15) is 11.6 Å². The highest BCUT2D eigenvalue weighted by atomic mass is 16.5. The summed E-state index contributed by atoms with van der Waals surface area (Å²) in [6.45, 7) is 4.24. The van der Waals surface area contributed by atoms with Crippen molar-refractivity contribution in [2.45, 2.75) is 13.3 Å². The SMILES string of the molecule is Cc1nnc2c(C(=O)NCCc3nc4ccccc4[nH]3)cc(C(=O)N3CCOCC3)cn12. The number of benzene rings is 1. The molecular formula is C22H23N7O3. The van der Waals surface area contributed by atoms with Gasteiger partial charge in [-0.15, -0.1) is 10.2 Å². The van der Waals surface area contributed by atoms with E-state index in [-0.39, 0.29) is 11.8 Å². The van der Waals surface area contributed by atoms with Crippen LogP contribution in [0.2, 0.25) is 0 Å². The number of nitrogens with zero attached hydrogens (tertiary/aromatic N) is 5. The molecule has 1 saturated heterocycles. The van der Waals surface area contributed by atoms with Gasteiger partial charge in [0.15, 0.2) is 5.65 Å². The molecule has 0 bridgehead atoms. The summed E-state index contributed by atoms with van der Waals surface area (Å²) in [6, 6.07) is 9.38. The molecule has 0 spiro atoms. The molecule has 4 aromatic rings. The molecule has 0 radical (unpaired) electrons. The Kier molecular flexibility index (Phi) is 5.28. The Hall–Kier alpha value is -3.79. The topological polar surface area (TPSA) is 118 Å². The van der Waals surface area contributed by atoms with Crippen molar-refractivity contribution < 1.29 is 14.3 Å². The lowest BCUT2D eigenvalue weighted by atomic mass is 10.1. The number of aryl methyl sites for hydroxylation is 1. The van der Waals surface area contributed by atoms with Gasteiger partial charge in [-0.2, -0.15) is 0 Å². The minimum Gasteiger partial charge on any atom is -0.378 e. The summed E-state index contributed by atoms with van der Waals surface area (Å²) in [5, 5.41) is 11.1. The molecule has 10 nitrogen and oxygen atoms in total. The molecule has 32 heavy (non-hydrogen) atoms. The Morgan fingerprint density at radius 3 is 2.81 bits per heavy atom. The van der Waals surface area contributed by atoms with E-state index in [9.17, 15) is 9.59 Å². The lowest BCUT2D eigenvalue weighted by molar-refractivity contribution is 0.0302. The van der Waals surface area contributed by atoms with Crippen molar-refractivity contribution in [3.05, 3.63) is 59.3 Å². The molecule has 0 aliphatic carbocycles. The third-order valence-electron chi connectivity index (χ3n) is 5.55. The van der Waals surface area contributed by atoms with E-state index in [4.69, 9.17) is 4.74 Å². The first kappa shape index (κ1) is 20.1. The van der Waals surface area contributed by atoms with Gasteiger partial charge in [-0.1, -0.05) is 12.1 Å². The van der Waals surface area contributed by atoms with Gasteiger partial charge < -0.3 is 19.9 Å². The maximum Gasteiger partial charge on any atom is 0.255 e. The first-order valence-electron chi connectivity index (χ1n) is 10.5. The van der Waals surface area contributed by atoms with Gasteiger partial charge in [0.25, 0.3) is 11.8 Å². The lowest BCUT2D eigenvalue weighted by Gasteiger charge is -2.27. The number of aromatic nitrogens is 5. The molecule has 1 aliphatic heterocycles. The van der Waals surface area contributed by atoms with E-state index in [1.165, 1.54) is 0 Å². The normalized spacial score (nSPS) is 14.2. The minimum absolute atomic E-state index is 0.139. The number of aromatic amines is 1. The van der Waals surface area contributed by atoms with Crippen LogP contribution in [0.25, 0.3) is 16.7 Å². The summed E-state index contributed by atoms with van der Waals surface area (Å²) in [6.07, 6.45) is 2.24. The number of morpholine rings is 1. The monoisotopic (exact) mass is 433 g/mol. The van der Waals surface area contributed by atoms with E-state index in [1.807, 2.05) is 24.3 Å². The van der Waals surface area contributed by atoms with Crippen molar-refractivity contribution in [3.8, 4) is 0 Å². The number of imidazole rings is 1. The van der Waals surface area contributed by atoms with E-state index < -0.39 is 0 Å². The average Bonchev–Trinajstić information content (AvgIpc) is 3.41. The van der Waals surface area contributed by atoms with Gasteiger partial charge in [-0.3, -0.25) is 14.0 Å². The smallest absolute Gasteiger partial charge is 0.255 e. The Bertz CT molecular complexity index is 1270. The molecule has 0 saturated carbocycles. The number of hydrogen-bond donors (Lipinski definition) is 2. The van der Waals surface area contributed by atoms with Crippen LogP contribution in [0.4, 0.5) is 0 Å². The molecule has 0 atom stereocenters. The number of carbonyl (C=O) groups is 2. The third-order valence-corrected chi connectivity index (χ3v) is 5.55. The van der Waals surface area contributed by atoms with E-state index in [0.29, 0.717) is 61.9 Å². The molecule has 3 aromatic heterocycles. The lowest BCUT2D eigenvalue weighted by Crippen LogP contribution is -2.41. The number of hydrogen-bond acceptors (Lipinski definition) is 6. The molecule has 2 N–H and O–H groups in total. The second-order valence-electron chi connectivity index (χ2n) is 7.69. The van der Waals surface area contributed by atoms with Crippen LogP contribution in [0.5, 0.6) is 0 Å². The van der Waals surface area contributed by atoms with Crippen LogP contribution in [0.15, 0.2) is 36.5 Å². The Balaban J connectivity index is 1.35. The zero-order valence-electron chi connectivity index (χ0n) is 17.7. The van der Waals surface area contributed by atoms with E-state index >= 15 is 0 Å². The number of rotatable bonds is 5. The van der Waals surface area contributed by atoms with Crippen molar-refractivity contribution in [3.63, 3.8) is 0 Å². The fourth-order valence-electron chi connectivity index (χ4n) is 3.85. The van der Waals surface area contributed by atoms with Crippen molar-refractivity contribution >= 4 is 28.5 Å². The number of ether oxygens (including phenoxy) is 1. The van der Waals surface area contributed by atoms with Gasteiger partial charge >= 0.3 is 0 Å². The molecule has 1 aliphatic rings. The van der Waals surface area contributed by atoms with Crippen LogP contribution >= 0.6 is 0 Å². The van der Waals surface area contributed by atoms with Gasteiger partial charge in [0, 0.05) is 32.3 Å². The molecule has 2 amide bonds. The van der Waals surface area contributed by atoms with Crippen LogP contribution < -0.4 is 5.32 Å². The number of H-pyrrole nitrogens is 1. The number of nitrogens with one attached hydrogen (secondary N) is 2. The molecule has 164 valence electrons. The zero-order valence-corrected chi connectivity index (χ0v) is 17.7. The van der Waals surface area contributed by atoms with Crippen LogP contribution in [0.1, 0.15) is 32.4 Å². The Morgan fingerprint density at radius 1 is 1.19 bits per heavy atom. The number of amides is 2. The van der Waals surface area contributed by atoms with E-state index in [0.717, 1.165) is 16.9 Å². The summed E-state index contributed by atoms with van der Waals surface area (Å²) in [5.74, 6) is 0.953. The zero-order chi connectivity index (χ0) is 22.1. The predicted octanol–water partition coefficient (Wildman–Crippen LogP) is 1.36. The summed E-state index contributed by atoms with van der Waals surface area (Å²) in [5.41, 5.74) is 3.01.